The smallest absolute Gasteiger partial charge is 0.249 e. The summed E-state index contributed by atoms with van der Waals surface area (Å²) >= 11 is 0. The van der Waals surface area contributed by atoms with Crippen molar-refractivity contribution in [1.29, 1.82) is 0 Å². The second kappa shape index (κ2) is 9.87. The summed E-state index contributed by atoms with van der Waals surface area (Å²) in [6.45, 7) is 4.97. The van der Waals surface area contributed by atoms with E-state index in [-0.39, 0.29) is 25.4 Å². The largest absolute Gasteiger partial charge is 0.396 e. The highest BCUT2D eigenvalue weighted by Crippen LogP contribution is 2.19. The summed E-state index contributed by atoms with van der Waals surface area (Å²) in [4.78, 5) is 23.3. The normalized spacial score (nSPS) is 14.6. The van der Waals surface area contributed by atoms with Gasteiger partial charge in [-0.2, -0.15) is 0 Å². The number of aliphatic hydroxyl groups is 3. The van der Waals surface area contributed by atoms with Crippen LogP contribution in [0.15, 0.2) is 0 Å². The molecule has 0 fully saturated rings. The molecular formula is C15H29NO5. The maximum Gasteiger partial charge on any atom is 0.249 e. The molecule has 0 aromatic heterocycles. The van der Waals surface area contributed by atoms with Gasteiger partial charge in [-0.05, 0) is 12.8 Å². The van der Waals surface area contributed by atoms with Crippen LogP contribution >= 0.6 is 0 Å². The first kappa shape index (κ1) is 20.0. The lowest BCUT2D eigenvalue weighted by Crippen LogP contribution is -2.46. The predicted molar refractivity (Wildman–Crippen MR) is 79.7 cm³/mol. The molecule has 0 aliphatic rings. The number of hydrogen-bond donors (Lipinski definition) is 4. The van der Waals surface area contributed by atoms with Gasteiger partial charge in [-0.3, -0.25) is 9.59 Å². The topological polar surface area (TPSA) is 107 Å². The Morgan fingerprint density at radius 2 is 1.81 bits per heavy atom. The molecule has 0 aromatic rings. The molecule has 0 aliphatic heterocycles. The Hall–Kier alpha value is -0.980. The maximum absolute atomic E-state index is 11.7. The number of Topliss-reactive ketones (excluding diaryl/α,β-unsaturated/α-hetero) is 1. The first-order chi connectivity index (χ1) is 9.76. The molecular weight excluding hydrogens is 274 g/mol. The van der Waals surface area contributed by atoms with Crippen LogP contribution in [0.3, 0.4) is 0 Å². The van der Waals surface area contributed by atoms with Gasteiger partial charge in [0, 0.05) is 18.4 Å². The molecule has 1 amide bonds. The van der Waals surface area contributed by atoms with Gasteiger partial charge in [0.1, 0.15) is 12.2 Å². The van der Waals surface area contributed by atoms with Crippen LogP contribution in [0.2, 0.25) is 0 Å². The number of nitrogens with one attached hydrogen (secondary N) is 1. The molecule has 0 aromatic carbocycles. The fourth-order valence-corrected chi connectivity index (χ4v) is 1.75. The van der Waals surface area contributed by atoms with Crippen molar-refractivity contribution < 1.29 is 24.9 Å². The molecule has 0 aliphatic carbocycles. The molecule has 4 N–H and O–H groups in total. The van der Waals surface area contributed by atoms with Crippen LogP contribution < -0.4 is 5.32 Å². The van der Waals surface area contributed by atoms with Crippen molar-refractivity contribution in [3.05, 3.63) is 0 Å². The van der Waals surface area contributed by atoms with E-state index in [0.717, 1.165) is 19.3 Å². The fraction of sp³-hybridized carbons (Fsp3) is 0.867. The zero-order valence-electron chi connectivity index (χ0n) is 13.3. The molecule has 0 radical (unpaired) electrons. The number of rotatable bonds is 11. The highest BCUT2D eigenvalue weighted by Gasteiger charge is 2.32. The number of carbonyl (C=O) groups excluding carboxylic acids is 2. The van der Waals surface area contributed by atoms with Crippen LogP contribution in [-0.2, 0) is 9.59 Å². The lowest BCUT2D eigenvalue weighted by Gasteiger charge is -2.27. The molecule has 2 atom stereocenters. The Kier molecular flexibility index (Phi) is 9.41. The molecule has 0 spiro atoms. The summed E-state index contributed by atoms with van der Waals surface area (Å²) in [7, 11) is 0. The van der Waals surface area contributed by atoms with Gasteiger partial charge in [-0.25, -0.2) is 0 Å². The number of unbranched alkanes of at least 4 members (excludes halogenated alkanes) is 2. The van der Waals surface area contributed by atoms with E-state index in [2.05, 4.69) is 5.32 Å². The molecule has 0 saturated carbocycles. The molecule has 124 valence electrons. The molecule has 1 unspecified atom stereocenters. The van der Waals surface area contributed by atoms with Crippen LogP contribution in [0.1, 0.15) is 52.9 Å². The molecule has 0 rings (SSSR count). The first-order valence-electron chi connectivity index (χ1n) is 7.53. The van der Waals surface area contributed by atoms with Gasteiger partial charge in [-0.1, -0.05) is 33.6 Å². The monoisotopic (exact) mass is 303 g/mol. The van der Waals surface area contributed by atoms with Crippen molar-refractivity contribution in [2.75, 3.05) is 13.2 Å². The Bertz CT molecular complexity index is 330. The minimum absolute atomic E-state index is 0.109. The molecule has 0 bridgehead atoms. The van der Waals surface area contributed by atoms with E-state index < -0.39 is 23.5 Å². The summed E-state index contributed by atoms with van der Waals surface area (Å²) in [6, 6.07) is 0. The Balaban J connectivity index is 4.02. The van der Waals surface area contributed by atoms with E-state index in [1.807, 2.05) is 6.92 Å². The van der Waals surface area contributed by atoms with Crippen LogP contribution in [0.25, 0.3) is 0 Å². The average molecular weight is 303 g/mol. The second-order valence-electron chi connectivity index (χ2n) is 6.07. The van der Waals surface area contributed by atoms with Crippen molar-refractivity contribution in [3.8, 4) is 0 Å². The van der Waals surface area contributed by atoms with Gasteiger partial charge in [0.05, 0.1) is 6.61 Å². The zero-order valence-corrected chi connectivity index (χ0v) is 13.3. The van der Waals surface area contributed by atoms with Gasteiger partial charge >= 0.3 is 0 Å². The van der Waals surface area contributed by atoms with Crippen LogP contribution in [0, 0.1) is 5.41 Å². The third-order valence-corrected chi connectivity index (χ3v) is 3.51. The minimum atomic E-state index is -1.33. The van der Waals surface area contributed by atoms with Gasteiger partial charge < -0.3 is 20.6 Å². The van der Waals surface area contributed by atoms with E-state index in [4.69, 9.17) is 5.11 Å². The van der Waals surface area contributed by atoms with E-state index >= 15 is 0 Å². The third-order valence-electron chi connectivity index (χ3n) is 3.51. The zero-order chi connectivity index (χ0) is 16.5. The van der Waals surface area contributed by atoms with E-state index in [9.17, 15) is 19.8 Å². The van der Waals surface area contributed by atoms with Crippen molar-refractivity contribution in [2.24, 2.45) is 5.41 Å². The van der Waals surface area contributed by atoms with Crippen molar-refractivity contribution in [2.45, 2.75) is 65.1 Å². The van der Waals surface area contributed by atoms with Gasteiger partial charge in [-0.15, -0.1) is 0 Å². The Morgan fingerprint density at radius 3 is 2.33 bits per heavy atom. The van der Waals surface area contributed by atoms with Crippen LogP contribution in [-0.4, -0.2) is 52.4 Å². The Labute approximate surface area is 126 Å². The molecule has 6 nitrogen and oxygen atoms in total. The quantitative estimate of drug-likeness (QED) is 0.413. The van der Waals surface area contributed by atoms with Gasteiger partial charge in [0.2, 0.25) is 5.91 Å². The molecule has 6 heteroatoms. The summed E-state index contributed by atoms with van der Waals surface area (Å²) in [5.41, 5.74) is -0.932. The summed E-state index contributed by atoms with van der Waals surface area (Å²) in [5.74, 6) is -0.825. The lowest BCUT2D eigenvalue weighted by molar-refractivity contribution is -0.137. The van der Waals surface area contributed by atoms with Crippen molar-refractivity contribution in [3.63, 3.8) is 0 Å². The number of aliphatic hydroxyl groups excluding tert-OH is 3. The summed E-state index contributed by atoms with van der Waals surface area (Å²) < 4.78 is 0. The molecule has 0 heterocycles. The average Bonchev–Trinajstić information content (AvgIpc) is 2.46. The van der Waals surface area contributed by atoms with E-state index in [1.54, 1.807) is 13.8 Å². The lowest BCUT2D eigenvalue weighted by atomic mass is 9.87. The predicted octanol–water partition coefficient (Wildman–Crippen LogP) is 0.382. The van der Waals surface area contributed by atoms with Crippen LogP contribution in [0.4, 0.5) is 0 Å². The fourth-order valence-electron chi connectivity index (χ4n) is 1.75. The van der Waals surface area contributed by atoms with E-state index in [1.165, 1.54) is 0 Å². The number of ketones is 1. The van der Waals surface area contributed by atoms with Crippen molar-refractivity contribution >= 4 is 11.7 Å². The second-order valence-corrected chi connectivity index (χ2v) is 6.07. The highest BCUT2D eigenvalue weighted by molar-refractivity contribution is 5.83. The van der Waals surface area contributed by atoms with Crippen LogP contribution in [0.5, 0.6) is 0 Å². The first-order valence-corrected chi connectivity index (χ1v) is 7.53. The molecule has 0 saturated heterocycles. The van der Waals surface area contributed by atoms with Gasteiger partial charge in [0.25, 0.3) is 0 Å². The summed E-state index contributed by atoms with van der Waals surface area (Å²) in [6.07, 6.45) is 0.800. The minimum Gasteiger partial charge on any atom is -0.396 e. The third kappa shape index (κ3) is 7.55. The maximum atomic E-state index is 11.7. The highest BCUT2D eigenvalue weighted by atomic mass is 16.3. The number of carbonyl (C=O) groups is 2. The van der Waals surface area contributed by atoms with Crippen molar-refractivity contribution in [1.82, 2.24) is 5.32 Å². The van der Waals surface area contributed by atoms with E-state index in [0.29, 0.717) is 6.42 Å². The standard InChI is InChI=1S/C15H29NO5/c1-4-5-6-7-11(18)12(19)8-9-16-14(21)13(20)15(2,3)10-17/h12-13,17,19-20H,4-10H2,1-3H3,(H,16,21)/t12?,13-/m0/s1. The number of hydrogen-bond acceptors (Lipinski definition) is 5. The molecule has 21 heavy (non-hydrogen) atoms. The summed E-state index contributed by atoms with van der Waals surface area (Å²) in [5, 5.41) is 31.0. The number of amides is 1. The Morgan fingerprint density at radius 1 is 1.19 bits per heavy atom. The SMILES string of the molecule is CCCCCC(=O)C(O)CCNC(=O)[C@H](O)C(C)(C)CO. The van der Waals surface area contributed by atoms with Gasteiger partial charge in [0.15, 0.2) is 5.78 Å².